The van der Waals surface area contributed by atoms with E-state index in [0.717, 1.165) is 25.8 Å². The summed E-state index contributed by atoms with van der Waals surface area (Å²) in [6.45, 7) is 3.05. The van der Waals surface area contributed by atoms with Crippen LogP contribution in [0, 0.1) is 17.8 Å². The fourth-order valence-electron chi connectivity index (χ4n) is 3.68. The van der Waals surface area contributed by atoms with Crippen molar-refractivity contribution in [3.63, 3.8) is 0 Å². The van der Waals surface area contributed by atoms with Crippen LogP contribution in [-0.2, 0) is 0 Å². The zero-order valence-corrected chi connectivity index (χ0v) is 11.8. The zero-order valence-electron chi connectivity index (χ0n) is 11.8. The lowest BCUT2D eigenvalue weighted by Crippen LogP contribution is -2.47. The van der Waals surface area contributed by atoms with Gasteiger partial charge >= 0.3 is 6.18 Å². The van der Waals surface area contributed by atoms with Crippen molar-refractivity contribution < 1.29 is 13.2 Å². The van der Waals surface area contributed by atoms with Crippen LogP contribution < -0.4 is 5.32 Å². The zero-order chi connectivity index (χ0) is 13.9. The van der Waals surface area contributed by atoms with Gasteiger partial charge in [0.2, 0.25) is 0 Å². The molecule has 2 aliphatic rings. The third kappa shape index (κ3) is 3.87. The van der Waals surface area contributed by atoms with E-state index >= 15 is 0 Å². The molecular formula is C15H26F3N. The fraction of sp³-hybridized carbons (Fsp3) is 1.00. The van der Waals surface area contributed by atoms with E-state index in [1.54, 1.807) is 0 Å². The number of nitrogens with one attached hydrogen (secondary N) is 1. The minimum atomic E-state index is -3.99. The molecule has 0 aromatic rings. The second kappa shape index (κ2) is 6.47. The number of rotatable bonds is 5. The van der Waals surface area contributed by atoms with Crippen LogP contribution in [0.2, 0.25) is 0 Å². The van der Waals surface area contributed by atoms with E-state index in [0.29, 0.717) is 24.8 Å². The molecule has 0 aliphatic heterocycles. The Balaban J connectivity index is 1.95. The first-order valence-corrected chi connectivity index (χ1v) is 7.82. The Labute approximate surface area is 114 Å². The van der Waals surface area contributed by atoms with Crippen LogP contribution in [-0.4, -0.2) is 18.8 Å². The van der Waals surface area contributed by atoms with Crippen molar-refractivity contribution in [3.05, 3.63) is 0 Å². The monoisotopic (exact) mass is 277 g/mol. The maximum atomic E-state index is 12.9. The molecule has 0 heterocycles. The van der Waals surface area contributed by atoms with E-state index in [2.05, 4.69) is 12.2 Å². The lowest BCUT2D eigenvalue weighted by Gasteiger charge is -2.42. The first-order chi connectivity index (χ1) is 9.02. The van der Waals surface area contributed by atoms with Gasteiger partial charge in [0.1, 0.15) is 0 Å². The van der Waals surface area contributed by atoms with Gasteiger partial charge in [-0.15, -0.1) is 0 Å². The maximum absolute atomic E-state index is 12.9. The van der Waals surface area contributed by atoms with Gasteiger partial charge in [-0.25, -0.2) is 0 Å². The molecule has 112 valence electrons. The van der Waals surface area contributed by atoms with E-state index in [4.69, 9.17) is 0 Å². The Morgan fingerprint density at radius 3 is 2.21 bits per heavy atom. The minimum Gasteiger partial charge on any atom is -0.313 e. The van der Waals surface area contributed by atoms with Crippen LogP contribution in [0.1, 0.15) is 58.3 Å². The Morgan fingerprint density at radius 2 is 1.68 bits per heavy atom. The standard InChI is InChI=1S/C15H26F3N/c1-2-9-19-14(11-5-3-6-11)12-7-4-8-13(10-12)15(16,17)18/h11-14,19H,2-10H2,1H3. The smallest absolute Gasteiger partial charge is 0.313 e. The number of hydrogen-bond acceptors (Lipinski definition) is 1. The molecule has 2 rings (SSSR count). The molecule has 0 radical (unpaired) electrons. The third-order valence-electron chi connectivity index (χ3n) is 4.97. The fourth-order valence-corrected chi connectivity index (χ4v) is 3.68. The average Bonchev–Trinajstić information content (AvgIpc) is 2.31. The molecule has 4 heteroatoms. The maximum Gasteiger partial charge on any atom is 0.391 e. The summed E-state index contributed by atoms with van der Waals surface area (Å²) in [6.07, 6.45) is 3.13. The van der Waals surface area contributed by atoms with Gasteiger partial charge in [0.25, 0.3) is 0 Å². The van der Waals surface area contributed by atoms with Crippen molar-refractivity contribution in [3.8, 4) is 0 Å². The van der Waals surface area contributed by atoms with Crippen LogP contribution >= 0.6 is 0 Å². The van der Waals surface area contributed by atoms with Gasteiger partial charge < -0.3 is 5.32 Å². The van der Waals surface area contributed by atoms with Gasteiger partial charge in [0.15, 0.2) is 0 Å². The Morgan fingerprint density at radius 1 is 1.05 bits per heavy atom. The largest absolute Gasteiger partial charge is 0.391 e. The van der Waals surface area contributed by atoms with Gasteiger partial charge in [-0.1, -0.05) is 19.8 Å². The Bertz CT molecular complexity index is 273. The highest BCUT2D eigenvalue weighted by Crippen LogP contribution is 2.44. The Hall–Kier alpha value is -0.250. The lowest BCUT2D eigenvalue weighted by molar-refractivity contribution is -0.187. The second-order valence-corrected chi connectivity index (χ2v) is 6.34. The summed E-state index contributed by atoms with van der Waals surface area (Å²) in [6, 6.07) is 0.332. The summed E-state index contributed by atoms with van der Waals surface area (Å²) in [5.41, 5.74) is 0. The van der Waals surface area contributed by atoms with Gasteiger partial charge in [0, 0.05) is 6.04 Å². The molecule has 0 saturated heterocycles. The molecule has 0 bridgehead atoms. The Kier molecular flexibility index (Phi) is 5.15. The molecule has 2 aliphatic carbocycles. The number of halogens is 3. The van der Waals surface area contributed by atoms with Gasteiger partial charge in [-0.3, -0.25) is 0 Å². The van der Waals surface area contributed by atoms with Crippen molar-refractivity contribution in [1.29, 1.82) is 0 Å². The molecule has 3 atom stereocenters. The van der Waals surface area contributed by atoms with E-state index in [9.17, 15) is 13.2 Å². The highest BCUT2D eigenvalue weighted by molar-refractivity contribution is 4.91. The molecule has 2 fully saturated rings. The summed E-state index contributed by atoms with van der Waals surface area (Å²) in [5, 5.41) is 3.55. The van der Waals surface area contributed by atoms with Crippen molar-refractivity contribution >= 4 is 0 Å². The third-order valence-corrected chi connectivity index (χ3v) is 4.97. The van der Waals surface area contributed by atoms with E-state index in [1.165, 1.54) is 19.3 Å². The normalized spacial score (nSPS) is 30.9. The summed E-state index contributed by atoms with van der Waals surface area (Å²) in [5.74, 6) is -0.196. The molecule has 3 unspecified atom stereocenters. The topological polar surface area (TPSA) is 12.0 Å². The molecular weight excluding hydrogens is 251 g/mol. The van der Waals surface area contributed by atoms with Gasteiger partial charge in [-0.2, -0.15) is 13.2 Å². The summed E-state index contributed by atoms with van der Waals surface area (Å²) < 4.78 is 38.7. The minimum absolute atomic E-state index is 0.234. The summed E-state index contributed by atoms with van der Waals surface area (Å²) in [7, 11) is 0. The van der Waals surface area contributed by atoms with Gasteiger partial charge in [0.05, 0.1) is 5.92 Å². The molecule has 19 heavy (non-hydrogen) atoms. The quantitative estimate of drug-likeness (QED) is 0.779. The molecule has 0 spiro atoms. The van der Waals surface area contributed by atoms with Crippen molar-refractivity contribution in [2.75, 3.05) is 6.54 Å². The van der Waals surface area contributed by atoms with E-state index in [1.807, 2.05) is 0 Å². The van der Waals surface area contributed by atoms with Crippen molar-refractivity contribution in [2.45, 2.75) is 70.5 Å². The average molecular weight is 277 g/mol. The number of hydrogen-bond donors (Lipinski definition) is 1. The SMILES string of the molecule is CCCNC(C1CCC1)C1CCCC(C(F)(F)F)C1. The summed E-state index contributed by atoms with van der Waals surface area (Å²) in [4.78, 5) is 0. The second-order valence-electron chi connectivity index (χ2n) is 6.34. The van der Waals surface area contributed by atoms with Crippen LogP contribution in [0.15, 0.2) is 0 Å². The first kappa shape index (κ1) is 15.1. The highest BCUT2D eigenvalue weighted by Gasteiger charge is 2.44. The highest BCUT2D eigenvalue weighted by atomic mass is 19.4. The van der Waals surface area contributed by atoms with E-state index in [-0.39, 0.29) is 5.92 Å². The molecule has 0 aromatic carbocycles. The van der Waals surface area contributed by atoms with Crippen LogP contribution in [0.3, 0.4) is 0 Å². The summed E-state index contributed by atoms with van der Waals surface area (Å²) >= 11 is 0. The van der Waals surface area contributed by atoms with Crippen molar-refractivity contribution in [1.82, 2.24) is 5.32 Å². The predicted molar refractivity (Wildman–Crippen MR) is 70.9 cm³/mol. The van der Waals surface area contributed by atoms with Crippen LogP contribution in [0.25, 0.3) is 0 Å². The lowest BCUT2D eigenvalue weighted by atomic mass is 9.69. The molecule has 0 aromatic heterocycles. The first-order valence-electron chi connectivity index (χ1n) is 7.82. The number of alkyl halides is 3. The molecule has 0 amide bonds. The predicted octanol–water partition coefficient (Wildman–Crippen LogP) is 4.52. The van der Waals surface area contributed by atoms with Crippen LogP contribution in [0.4, 0.5) is 13.2 Å². The van der Waals surface area contributed by atoms with Crippen LogP contribution in [0.5, 0.6) is 0 Å². The van der Waals surface area contributed by atoms with Gasteiger partial charge in [-0.05, 0) is 56.9 Å². The molecule has 2 saturated carbocycles. The molecule has 1 N–H and O–H groups in total. The molecule has 1 nitrogen and oxygen atoms in total. The van der Waals surface area contributed by atoms with Crippen molar-refractivity contribution in [2.24, 2.45) is 17.8 Å². The van der Waals surface area contributed by atoms with E-state index < -0.39 is 12.1 Å².